The first-order valence-corrected chi connectivity index (χ1v) is 6.38. The number of H-pyrrole nitrogens is 1. The summed E-state index contributed by atoms with van der Waals surface area (Å²) in [6, 6.07) is 14.5. The van der Waals surface area contributed by atoms with Crippen LogP contribution >= 0.6 is 0 Å². The van der Waals surface area contributed by atoms with Crippen LogP contribution in [0.2, 0.25) is 0 Å². The number of aryl methyl sites for hydroxylation is 1. The number of para-hydroxylation sites is 2. The molecule has 0 atom stereocenters. The van der Waals surface area contributed by atoms with Crippen molar-refractivity contribution in [1.29, 1.82) is 0 Å². The number of aromatic amines is 1. The summed E-state index contributed by atoms with van der Waals surface area (Å²) < 4.78 is 0. The van der Waals surface area contributed by atoms with Crippen LogP contribution in [0.1, 0.15) is 5.56 Å². The van der Waals surface area contributed by atoms with E-state index in [1.165, 1.54) is 11.3 Å². The summed E-state index contributed by atoms with van der Waals surface area (Å²) in [4.78, 5) is 10.1. The monoisotopic (exact) mass is 251 g/mol. The minimum Gasteiger partial charge on any atom is -0.378 e. The molecule has 96 valence electrons. The van der Waals surface area contributed by atoms with Crippen LogP contribution in [0.5, 0.6) is 0 Å². The molecule has 1 heterocycles. The van der Waals surface area contributed by atoms with Crippen LogP contribution in [0.25, 0.3) is 22.4 Å². The molecule has 0 saturated heterocycles. The van der Waals surface area contributed by atoms with E-state index in [0.717, 1.165) is 22.4 Å². The lowest BCUT2D eigenvalue weighted by Crippen LogP contribution is -2.08. The Morgan fingerprint density at radius 3 is 2.53 bits per heavy atom. The number of hydrogen-bond acceptors (Lipinski definition) is 2. The molecule has 1 aromatic heterocycles. The Bertz CT molecular complexity index is 693. The predicted octanol–water partition coefficient (Wildman–Crippen LogP) is 3.60. The zero-order valence-electron chi connectivity index (χ0n) is 11.4. The molecule has 3 rings (SSSR count). The molecule has 0 unspecified atom stereocenters. The average Bonchev–Trinajstić information content (AvgIpc) is 2.81. The van der Waals surface area contributed by atoms with E-state index in [9.17, 15) is 0 Å². The largest absolute Gasteiger partial charge is 0.378 e. The lowest BCUT2D eigenvalue weighted by atomic mass is 10.1. The summed E-state index contributed by atoms with van der Waals surface area (Å²) in [6.07, 6.45) is 0. The van der Waals surface area contributed by atoms with Crippen molar-refractivity contribution in [3.05, 3.63) is 48.0 Å². The molecule has 0 fully saturated rings. The Kier molecular flexibility index (Phi) is 2.75. The first-order valence-electron chi connectivity index (χ1n) is 6.38. The summed E-state index contributed by atoms with van der Waals surface area (Å²) in [6.45, 7) is 2.12. The van der Waals surface area contributed by atoms with E-state index in [1.807, 2.05) is 18.2 Å². The predicted molar refractivity (Wildman–Crippen MR) is 80.6 cm³/mol. The van der Waals surface area contributed by atoms with Gasteiger partial charge in [-0.05, 0) is 42.8 Å². The van der Waals surface area contributed by atoms with Crippen LogP contribution in [-0.4, -0.2) is 24.1 Å². The number of nitrogens with zero attached hydrogens (tertiary/aromatic N) is 2. The second-order valence-electron chi connectivity index (χ2n) is 5.00. The third kappa shape index (κ3) is 2.08. The van der Waals surface area contributed by atoms with Crippen molar-refractivity contribution < 1.29 is 0 Å². The van der Waals surface area contributed by atoms with E-state index < -0.39 is 0 Å². The quantitative estimate of drug-likeness (QED) is 0.754. The number of aromatic nitrogens is 2. The number of benzene rings is 2. The average molecular weight is 251 g/mol. The molecule has 0 aliphatic rings. The van der Waals surface area contributed by atoms with Crippen molar-refractivity contribution in [3.8, 4) is 11.4 Å². The Hall–Kier alpha value is -2.29. The first-order chi connectivity index (χ1) is 9.15. The van der Waals surface area contributed by atoms with Crippen molar-refractivity contribution in [1.82, 2.24) is 9.97 Å². The molecular formula is C16H17N3. The molecule has 0 aliphatic heterocycles. The number of nitrogens with one attached hydrogen (secondary N) is 1. The molecule has 0 bridgehead atoms. The van der Waals surface area contributed by atoms with Gasteiger partial charge in [-0.25, -0.2) is 4.98 Å². The van der Waals surface area contributed by atoms with Crippen molar-refractivity contribution in [2.24, 2.45) is 0 Å². The fourth-order valence-electron chi connectivity index (χ4n) is 2.27. The van der Waals surface area contributed by atoms with Gasteiger partial charge in [0.15, 0.2) is 0 Å². The summed E-state index contributed by atoms with van der Waals surface area (Å²) in [5.74, 6) is 0.934. The van der Waals surface area contributed by atoms with Gasteiger partial charge in [-0.2, -0.15) is 0 Å². The molecule has 1 N–H and O–H groups in total. The highest BCUT2D eigenvalue weighted by Gasteiger charge is 2.08. The smallest absolute Gasteiger partial charge is 0.138 e. The molecule has 3 aromatic rings. The second kappa shape index (κ2) is 4.43. The molecular weight excluding hydrogens is 234 g/mol. The topological polar surface area (TPSA) is 31.9 Å². The van der Waals surface area contributed by atoms with Crippen LogP contribution in [0.4, 0.5) is 5.69 Å². The molecule has 0 amide bonds. The van der Waals surface area contributed by atoms with Gasteiger partial charge in [0.05, 0.1) is 11.0 Å². The maximum atomic E-state index is 4.65. The SMILES string of the molecule is Cc1cc(N(C)C)ccc1-c1nc2ccccc2[nH]1. The number of hydrogen-bond donors (Lipinski definition) is 1. The van der Waals surface area contributed by atoms with Crippen molar-refractivity contribution in [2.45, 2.75) is 6.92 Å². The van der Waals surface area contributed by atoms with Gasteiger partial charge in [0.1, 0.15) is 5.82 Å². The van der Waals surface area contributed by atoms with Crippen LogP contribution in [0.15, 0.2) is 42.5 Å². The van der Waals surface area contributed by atoms with Crippen LogP contribution < -0.4 is 4.90 Å². The summed E-state index contributed by atoms with van der Waals surface area (Å²) >= 11 is 0. The molecule has 0 radical (unpaired) electrons. The molecule has 19 heavy (non-hydrogen) atoms. The number of rotatable bonds is 2. The Labute approximate surface area is 112 Å². The summed E-state index contributed by atoms with van der Waals surface area (Å²) in [5, 5.41) is 0. The fraction of sp³-hybridized carbons (Fsp3) is 0.188. The Morgan fingerprint density at radius 1 is 1.05 bits per heavy atom. The zero-order valence-corrected chi connectivity index (χ0v) is 11.4. The molecule has 3 nitrogen and oxygen atoms in total. The van der Waals surface area contributed by atoms with E-state index in [-0.39, 0.29) is 0 Å². The highest BCUT2D eigenvalue weighted by molar-refractivity contribution is 5.80. The minimum atomic E-state index is 0.934. The van der Waals surface area contributed by atoms with Gasteiger partial charge in [-0.3, -0.25) is 0 Å². The van der Waals surface area contributed by atoms with E-state index in [0.29, 0.717) is 0 Å². The van der Waals surface area contributed by atoms with Gasteiger partial charge in [-0.15, -0.1) is 0 Å². The van der Waals surface area contributed by atoms with E-state index >= 15 is 0 Å². The summed E-state index contributed by atoms with van der Waals surface area (Å²) in [7, 11) is 4.10. The summed E-state index contributed by atoms with van der Waals surface area (Å²) in [5.41, 5.74) is 5.67. The van der Waals surface area contributed by atoms with Crippen LogP contribution in [-0.2, 0) is 0 Å². The molecule has 0 spiro atoms. The lowest BCUT2D eigenvalue weighted by molar-refractivity contribution is 1.13. The second-order valence-corrected chi connectivity index (χ2v) is 5.00. The van der Waals surface area contributed by atoms with Gasteiger partial charge >= 0.3 is 0 Å². The Morgan fingerprint density at radius 2 is 1.84 bits per heavy atom. The van der Waals surface area contributed by atoms with E-state index in [4.69, 9.17) is 0 Å². The number of fused-ring (bicyclic) bond motifs is 1. The van der Waals surface area contributed by atoms with Crippen molar-refractivity contribution in [2.75, 3.05) is 19.0 Å². The lowest BCUT2D eigenvalue weighted by Gasteiger charge is -2.14. The normalized spacial score (nSPS) is 10.9. The fourth-order valence-corrected chi connectivity index (χ4v) is 2.27. The maximum Gasteiger partial charge on any atom is 0.138 e. The van der Waals surface area contributed by atoms with Crippen LogP contribution in [0, 0.1) is 6.92 Å². The molecule has 0 saturated carbocycles. The third-order valence-corrected chi connectivity index (χ3v) is 3.37. The van der Waals surface area contributed by atoms with Gasteiger partial charge in [0.25, 0.3) is 0 Å². The molecule has 0 aliphatic carbocycles. The highest BCUT2D eigenvalue weighted by Crippen LogP contribution is 2.26. The van der Waals surface area contributed by atoms with Gasteiger partial charge in [0.2, 0.25) is 0 Å². The number of imidazole rings is 1. The van der Waals surface area contributed by atoms with Crippen molar-refractivity contribution in [3.63, 3.8) is 0 Å². The highest BCUT2D eigenvalue weighted by atomic mass is 15.1. The van der Waals surface area contributed by atoms with E-state index in [1.54, 1.807) is 0 Å². The Balaban J connectivity index is 2.11. The minimum absolute atomic E-state index is 0.934. The van der Waals surface area contributed by atoms with Gasteiger partial charge in [0, 0.05) is 25.3 Å². The zero-order chi connectivity index (χ0) is 13.4. The van der Waals surface area contributed by atoms with Gasteiger partial charge in [-0.1, -0.05) is 12.1 Å². The van der Waals surface area contributed by atoms with Gasteiger partial charge < -0.3 is 9.88 Å². The molecule has 2 aromatic carbocycles. The third-order valence-electron chi connectivity index (χ3n) is 3.37. The van der Waals surface area contributed by atoms with Crippen LogP contribution in [0.3, 0.4) is 0 Å². The first kappa shape index (κ1) is 11.8. The molecule has 3 heteroatoms. The standard InChI is InChI=1S/C16H17N3/c1-11-10-12(19(2)3)8-9-13(11)16-17-14-6-4-5-7-15(14)18-16/h4-10H,1-3H3,(H,17,18). The van der Waals surface area contributed by atoms with Crippen molar-refractivity contribution >= 4 is 16.7 Å². The maximum absolute atomic E-state index is 4.65. The van der Waals surface area contributed by atoms with E-state index in [2.05, 4.69) is 60.2 Å². The number of anilines is 1.